The van der Waals surface area contributed by atoms with Gasteiger partial charge in [-0.15, -0.1) is 0 Å². The molecule has 0 saturated carbocycles. The van der Waals surface area contributed by atoms with Crippen molar-refractivity contribution >= 4 is 12.0 Å². The fraction of sp³-hybridized carbons (Fsp3) is 0.200. The molecular weight excluding hydrogens is 254 g/mol. The summed E-state index contributed by atoms with van der Waals surface area (Å²) in [7, 11) is 0. The molecule has 1 aromatic heterocycles. The zero-order valence-corrected chi connectivity index (χ0v) is 11.2. The molecule has 0 fully saturated rings. The number of carbonyl (C=O) groups excluding carboxylic acids is 1. The second kappa shape index (κ2) is 6.68. The average molecular weight is 271 g/mol. The maximum Gasteiger partial charge on any atom is 0.244 e. The average Bonchev–Trinajstić information content (AvgIpc) is 2.95. The summed E-state index contributed by atoms with van der Waals surface area (Å²) >= 11 is 0. The lowest BCUT2D eigenvalue weighted by Crippen LogP contribution is -2.33. The van der Waals surface area contributed by atoms with E-state index < -0.39 is 0 Å². The predicted octanol–water partition coefficient (Wildman–Crippen LogP) is 1.38. The summed E-state index contributed by atoms with van der Waals surface area (Å²) in [5.74, 6) is -0.237. The molecule has 1 heterocycles. The van der Waals surface area contributed by atoms with Crippen molar-refractivity contribution < 1.29 is 9.90 Å². The summed E-state index contributed by atoms with van der Waals surface area (Å²) in [4.78, 5) is 11.5. The summed E-state index contributed by atoms with van der Waals surface area (Å²) in [5.41, 5.74) is 1.80. The van der Waals surface area contributed by atoms with E-state index in [1.165, 1.54) is 6.08 Å². The molecule has 0 saturated heterocycles. The van der Waals surface area contributed by atoms with Crippen molar-refractivity contribution in [3.8, 4) is 5.69 Å². The van der Waals surface area contributed by atoms with Gasteiger partial charge in [-0.3, -0.25) is 4.79 Å². The zero-order chi connectivity index (χ0) is 14.4. The number of hydrogen-bond donors (Lipinski definition) is 2. The molecular formula is C15H17N3O2. The first kappa shape index (κ1) is 14.0. The number of amides is 1. The van der Waals surface area contributed by atoms with Gasteiger partial charge in [-0.05, 0) is 25.1 Å². The van der Waals surface area contributed by atoms with Crippen LogP contribution in [0.2, 0.25) is 0 Å². The van der Waals surface area contributed by atoms with Gasteiger partial charge >= 0.3 is 0 Å². The van der Waals surface area contributed by atoms with Gasteiger partial charge in [0.05, 0.1) is 18.5 Å². The molecule has 2 aromatic rings. The van der Waals surface area contributed by atoms with Gasteiger partial charge in [-0.2, -0.15) is 5.10 Å². The second-order valence-corrected chi connectivity index (χ2v) is 4.48. The number of benzene rings is 1. The maximum absolute atomic E-state index is 11.5. The van der Waals surface area contributed by atoms with Crippen LogP contribution in [0.15, 0.2) is 48.8 Å². The van der Waals surface area contributed by atoms with E-state index in [1.807, 2.05) is 36.5 Å². The third kappa shape index (κ3) is 3.80. The Bertz CT molecular complexity index is 590. The Morgan fingerprint density at radius 3 is 2.90 bits per heavy atom. The number of nitrogens with one attached hydrogen (secondary N) is 1. The van der Waals surface area contributed by atoms with Crippen LogP contribution in [-0.4, -0.2) is 33.4 Å². The Hall–Kier alpha value is -2.40. The van der Waals surface area contributed by atoms with Gasteiger partial charge in [-0.1, -0.05) is 18.2 Å². The molecule has 1 unspecified atom stereocenters. The van der Waals surface area contributed by atoms with E-state index in [9.17, 15) is 4.79 Å². The maximum atomic E-state index is 11.5. The van der Waals surface area contributed by atoms with Crippen molar-refractivity contribution in [1.82, 2.24) is 15.1 Å². The van der Waals surface area contributed by atoms with Gasteiger partial charge in [-0.25, -0.2) is 4.68 Å². The molecule has 2 rings (SSSR count). The molecule has 0 aliphatic rings. The Morgan fingerprint density at radius 2 is 2.20 bits per heavy atom. The standard InChI is InChI=1S/C15H17N3O2/c1-12(11-19)17-15(20)8-7-13-9-16-18(10-13)14-5-3-2-4-6-14/h2-10,12,19H,11H2,1H3,(H,17,20)/b8-7+. The smallest absolute Gasteiger partial charge is 0.244 e. The first-order chi connectivity index (χ1) is 9.69. The fourth-order valence-electron chi connectivity index (χ4n) is 1.65. The van der Waals surface area contributed by atoms with E-state index in [1.54, 1.807) is 23.9 Å². The molecule has 2 N–H and O–H groups in total. The molecule has 0 aliphatic heterocycles. The molecule has 5 nitrogen and oxygen atoms in total. The molecule has 1 aromatic carbocycles. The van der Waals surface area contributed by atoms with Crippen LogP contribution in [-0.2, 0) is 4.79 Å². The lowest BCUT2D eigenvalue weighted by atomic mass is 10.3. The highest BCUT2D eigenvalue weighted by Crippen LogP contribution is 2.08. The van der Waals surface area contributed by atoms with Gasteiger partial charge in [0.1, 0.15) is 0 Å². The highest BCUT2D eigenvalue weighted by atomic mass is 16.3. The Balaban J connectivity index is 2.01. The predicted molar refractivity (Wildman–Crippen MR) is 77.3 cm³/mol. The van der Waals surface area contributed by atoms with Crippen LogP contribution in [0.4, 0.5) is 0 Å². The molecule has 0 radical (unpaired) electrons. The molecule has 104 valence electrons. The SMILES string of the molecule is CC(CO)NC(=O)/C=C/c1cnn(-c2ccccc2)c1. The van der Waals surface area contributed by atoms with E-state index in [0.717, 1.165) is 11.3 Å². The number of rotatable bonds is 5. The van der Waals surface area contributed by atoms with Crippen LogP contribution in [0, 0.1) is 0 Å². The van der Waals surface area contributed by atoms with Crippen molar-refractivity contribution in [1.29, 1.82) is 0 Å². The fourth-order valence-corrected chi connectivity index (χ4v) is 1.65. The van der Waals surface area contributed by atoms with E-state index in [0.29, 0.717) is 0 Å². The minimum absolute atomic E-state index is 0.0779. The van der Waals surface area contributed by atoms with Crippen LogP contribution in [0.25, 0.3) is 11.8 Å². The van der Waals surface area contributed by atoms with Gasteiger partial charge in [0, 0.05) is 23.9 Å². The van der Waals surface area contributed by atoms with E-state index in [-0.39, 0.29) is 18.6 Å². The Labute approximate surface area is 117 Å². The monoisotopic (exact) mass is 271 g/mol. The largest absolute Gasteiger partial charge is 0.394 e. The molecule has 1 amide bonds. The van der Waals surface area contributed by atoms with E-state index >= 15 is 0 Å². The molecule has 1 atom stereocenters. The lowest BCUT2D eigenvalue weighted by Gasteiger charge is -2.07. The number of carbonyl (C=O) groups is 1. The van der Waals surface area contributed by atoms with Crippen LogP contribution in [0.1, 0.15) is 12.5 Å². The van der Waals surface area contributed by atoms with Gasteiger partial charge in [0.2, 0.25) is 5.91 Å². The molecule has 5 heteroatoms. The van der Waals surface area contributed by atoms with E-state index in [4.69, 9.17) is 5.11 Å². The van der Waals surface area contributed by atoms with Gasteiger partial charge in [0.25, 0.3) is 0 Å². The first-order valence-electron chi connectivity index (χ1n) is 6.38. The highest BCUT2D eigenvalue weighted by Gasteiger charge is 2.02. The van der Waals surface area contributed by atoms with Crippen LogP contribution < -0.4 is 5.32 Å². The number of hydrogen-bond acceptors (Lipinski definition) is 3. The number of aromatic nitrogens is 2. The number of para-hydroxylation sites is 1. The summed E-state index contributed by atoms with van der Waals surface area (Å²) in [6, 6.07) is 9.48. The van der Waals surface area contributed by atoms with Crippen molar-refractivity contribution in [3.63, 3.8) is 0 Å². The highest BCUT2D eigenvalue weighted by molar-refractivity contribution is 5.91. The Morgan fingerprint density at radius 1 is 1.45 bits per heavy atom. The van der Waals surface area contributed by atoms with Gasteiger partial charge < -0.3 is 10.4 Å². The quantitative estimate of drug-likeness (QED) is 0.807. The summed E-state index contributed by atoms with van der Waals surface area (Å²) in [6.07, 6.45) is 6.64. The first-order valence-corrected chi connectivity index (χ1v) is 6.38. The topological polar surface area (TPSA) is 67.2 Å². The summed E-state index contributed by atoms with van der Waals surface area (Å²) < 4.78 is 1.74. The molecule has 0 spiro atoms. The number of aliphatic hydroxyl groups excluding tert-OH is 1. The minimum Gasteiger partial charge on any atom is -0.394 e. The normalized spacial score (nSPS) is 12.5. The van der Waals surface area contributed by atoms with Crippen molar-refractivity contribution in [2.24, 2.45) is 0 Å². The van der Waals surface area contributed by atoms with Crippen molar-refractivity contribution in [3.05, 3.63) is 54.4 Å². The second-order valence-electron chi connectivity index (χ2n) is 4.48. The molecule has 0 aliphatic carbocycles. The van der Waals surface area contributed by atoms with Crippen molar-refractivity contribution in [2.75, 3.05) is 6.61 Å². The van der Waals surface area contributed by atoms with E-state index in [2.05, 4.69) is 10.4 Å². The molecule has 20 heavy (non-hydrogen) atoms. The van der Waals surface area contributed by atoms with Crippen molar-refractivity contribution in [2.45, 2.75) is 13.0 Å². The number of aliphatic hydroxyl groups is 1. The third-order valence-corrected chi connectivity index (χ3v) is 2.71. The zero-order valence-electron chi connectivity index (χ0n) is 11.2. The van der Waals surface area contributed by atoms with Crippen LogP contribution in [0.3, 0.4) is 0 Å². The van der Waals surface area contributed by atoms with Crippen LogP contribution >= 0.6 is 0 Å². The third-order valence-electron chi connectivity index (χ3n) is 2.71. The minimum atomic E-state index is -0.251. The summed E-state index contributed by atoms with van der Waals surface area (Å²) in [5, 5.41) is 15.7. The molecule has 0 bridgehead atoms. The number of nitrogens with zero attached hydrogens (tertiary/aromatic N) is 2. The summed E-state index contributed by atoms with van der Waals surface area (Å²) in [6.45, 7) is 1.66. The van der Waals surface area contributed by atoms with Crippen LogP contribution in [0.5, 0.6) is 0 Å². The Kier molecular flexibility index (Phi) is 4.68. The van der Waals surface area contributed by atoms with Gasteiger partial charge in [0.15, 0.2) is 0 Å². The lowest BCUT2D eigenvalue weighted by molar-refractivity contribution is -0.117.